The predicted octanol–water partition coefficient (Wildman–Crippen LogP) is 3.58. The molecule has 0 fully saturated rings. The number of carbonyl (C=O) groups excluding carboxylic acids is 2. The van der Waals surface area contributed by atoms with Crippen LogP contribution in [0.25, 0.3) is 0 Å². The van der Waals surface area contributed by atoms with Gasteiger partial charge in [-0.1, -0.05) is 41.9 Å². The van der Waals surface area contributed by atoms with Gasteiger partial charge in [-0.25, -0.2) is 4.39 Å². The highest BCUT2D eigenvalue weighted by atomic mass is 35.5. The number of benzene rings is 2. The molecule has 26 heavy (non-hydrogen) atoms. The Balaban J connectivity index is 2.25. The van der Waals surface area contributed by atoms with Crippen molar-refractivity contribution in [1.82, 2.24) is 10.2 Å². The van der Waals surface area contributed by atoms with Crippen LogP contribution in [-0.2, 0) is 22.6 Å². The van der Waals surface area contributed by atoms with Crippen LogP contribution in [0.5, 0.6) is 0 Å². The topological polar surface area (TPSA) is 49.4 Å². The van der Waals surface area contributed by atoms with E-state index in [9.17, 15) is 14.0 Å². The van der Waals surface area contributed by atoms with E-state index in [0.717, 1.165) is 5.56 Å². The van der Waals surface area contributed by atoms with E-state index in [-0.39, 0.29) is 24.8 Å². The van der Waals surface area contributed by atoms with Crippen molar-refractivity contribution in [2.45, 2.75) is 32.9 Å². The van der Waals surface area contributed by atoms with Gasteiger partial charge in [0.1, 0.15) is 11.9 Å². The summed E-state index contributed by atoms with van der Waals surface area (Å²) in [4.78, 5) is 26.5. The lowest BCUT2D eigenvalue weighted by atomic mass is 10.1. The normalized spacial score (nSPS) is 11.7. The third-order valence-corrected chi connectivity index (χ3v) is 4.30. The number of likely N-dealkylation sites (N-methyl/N-ethyl adjacent to an activating group) is 1. The fourth-order valence-corrected chi connectivity index (χ4v) is 2.85. The minimum Gasteiger partial charge on any atom is -0.355 e. The summed E-state index contributed by atoms with van der Waals surface area (Å²) >= 11 is 5.97. The summed E-state index contributed by atoms with van der Waals surface area (Å²) in [5.41, 5.74) is 1.10. The summed E-state index contributed by atoms with van der Waals surface area (Å²) in [6.45, 7) is 3.92. The number of amides is 2. The molecule has 1 N–H and O–H groups in total. The molecule has 2 aromatic carbocycles. The highest BCUT2D eigenvalue weighted by Gasteiger charge is 2.26. The van der Waals surface area contributed by atoms with E-state index in [2.05, 4.69) is 5.32 Å². The average Bonchev–Trinajstić information content (AvgIpc) is 2.60. The predicted molar refractivity (Wildman–Crippen MR) is 100 cm³/mol. The van der Waals surface area contributed by atoms with Crippen molar-refractivity contribution in [1.29, 1.82) is 0 Å². The Morgan fingerprint density at radius 3 is 2.58 bits per heavy atom. The lowest BCUT2D eigenvalue weighted by molar-refractivity contribution is -0.140. The molecule has 0 saturated carbocycles. The first-order valence-corrected chi connectivity index (χ1v) is 8.85. The van der Waals surface area contributed by atoms with Crippen LogP contribution < -0.4 is 5.32 Å². The fraction of sp³-hybridized carbons (Fsp3) is 0.300. The fourth-order valence-electron chi connectivity index (χ4n) is 2.64. The molecule has 0 aromatic heterocycles. The van der Waals surface area contributed by atoms with Crippen LogP contribution >= 0.6 is 11.6 Å². The summed E-state index contributed by atoms with van der Waals surface area (Å²) in [6, 6.07) is 12.5. The Labute approximate surface area is 158 Å². The smallest absolute Gasteiger partial charge is 0.242 e. The van der Waals surface area contributed by atoms with Crippen molar-refractivity contribution in [3.8, 4) is 0 Å². The number of rotatable bonds is 7. The number of carbonyl (C=O) groups is 2. The summed E-state index contributed by atoms with van der Waals surface area (Å²) in [6.07, 6.45) is 0.0821. The zero-order valence-electron chi connectivity index (χ0n) is 14.8. The summed E-state index contributed by atoms with van der Waals surface area (Å²) in [7, 11) is 0. The second kappa shape index (κ2) is 9.34. The number of halogens is 2. The molecule has 4 nitrogen and oxygen atoms in total. The minimum atomic E-state index is -0.721. The number of nitrogens with one attached hydrogen (secondary N) is 1. The van der Waals surface area contributed by atoms with Crippen LogP contribution in [0.15, 0.2) is 48.5 Å². The van der Waals surface area contributed by atoms with Crippen LogP contribution in [0, 0.1) is 5.82 Å². The van der Waals surface area contributed by atoms with Gasteiger partial charge in [0, 0.05) is 23.7 Å². The molecule has 0 saturated heterocycles. The molecule has 2 rings (SSSR count). The van der Waals surface area contributed by atoms with E-state index in [0.29, 0.717) is 17.1 Å². The molecule has 2 aromatic rings. The molecule has 0 aliphatic rings. The molecule has 0 radical (unpaired) electrons. The molecular formula is C20H22ClFN2O2. The zero-order valence-corrected chi connectivity index (χ0v) is 15.6. The Morgan fingerprint density at radius 2 is 1.92 bits per heavy atom. The lowest BCUT2D eigenvalue weighted by Crippen LogP contribution is -2.48. The third-order valence-electron chi connectivity index (χ3n) is 4.06. The molecule has 6 heteroatoms. The first kappa shape index (κ1) is 19.9. The zero-order chi connectivity index (χ0) is 19.1. The lowest BCUT2D eigenvalue weighted by Gasteiger charge is -2.29. The van der Waals surface area contributed by atoms with Gasteiger partial charge in [-0.2, -0.15) is 0 Å². The van der Waals surface area contributed by atoms with E-state index in [1.165, 1.54) is 11.0 Å². The number of hydrogen-bond donors (Lipinski definition) is 1. The molecule has 0 unspecified atom stereocenters. The van der Waals surface area contributed by atoms with Gasteiger partial charge < -0.3 is 10.2 Å². The summed E-state index contributed by atoms with van der Waals surface area (Å²) in [5.74, 6) is -0.950. The molecule has 0 aliphatic carbocycles. The summed E-state index contributed by atoms with van der Waals surface area (Å²) < 4.78 is 14.0. The molecule has 138 valence electrons. The quantitative estimate of drug-likeness (QED) is 0.803. The van der Waals surface area contributed by atoms with Gasteiger partial charge in [0.25, 0.3) is 0 Å². The summed E-state index contributed by atoms with van der Waals surface area (Å²) in [5, 5.41) is 3.24. The largest absolute Gasteiger partial charge is 0.355 e. The second-order valence-electron chi connectivity index (χ2n) is 5.99. The van der Waals surface area contributed by atoms with E-state index in [1.807, 2.05) is 0 Å². The Morgan fingerprint density at radius 1 is 1.19 bits per heavy atom. The molecule has 0 heterocycles. The Hall–Kier alpha value is -2.40. The van der Waals surface area contributed by atoms with Gasteiger partial charge in [0.2, 0.25) is 11.8 Å². The van der Waals surface area contributed by atoms with Crippen molar-refractivity contribution < 1.29 is 14.0 Å². The van der Waals surface area contributed by atoms with Crippen LogP contribution in [0.2, 0.25) is 5.02 Å². The van der Waals surface area contributed by atoms with Crippen molar-refractivity contribution in [3.63, 3.8) is 0 Å². The van der Waals surface area contributed by atoms with Crippen LogP contribution in [0.3, 0.4) is 0 Å². The molecule has 0 aliphatic heterocycles. The van der Waals surface area contributed by atoms with Crippen molar-refractivity contribution in [3.05, 3.63) is 70.5 Å². The van der Waals surface area contributed by atoms with E-state index in [4.69, 9.17) is 11.6 Å². The molecule has 0 spiro atoms. The maximum absolute atomic E-state index is 14.0. The first-order valence-electron chi connectivity index (χ1n) is 8.47. The van der Waals surface area contributed by atoms with Gasteiger partial charge in [-0.15, -0.1) is 0 Å². The Bertz CT molecular complexity index is 782. The van der Waals surface area contributed by atoms with E-state index < -0.39 is 11.9 Å². The van der Waals surface area contributed by atoms with Gasteiger partial charge in [-0.05, 0) is 37.6 Å². The van der Waals surface area contributed by atoms with Crippen LogP contribution in [0.1, 0.15) is 25.0 Å². The highest BCUT2D eigenvalue weighted by molar-refractivity contribution is 6.30. The van der Waals surface area contributed by atoms with Crippen LogP contribution in [0.4, 0.5) is 4.39 Å². The Kier molecular flexibility index (Phi) is 7.16. The standard InChI is InChI=1S/C20H22ClFN2O2/c1-3-23-20(26)14(2)24(13-16-8-4-5-10-18(16)22)19(25)12-15-7-6-9-17(21)11-15/h4-11,14H,3,12-13H2,1-2H3,(H,23,26)/t14-/m1/s1. The minimum absolute atomic E-state index is 0.0182. The monoisotopic (exact) mass is 376 g/mol. The van der Waals surface area contributed by atoms with Gasteiger partial charge in [0.05, 0.1) is 6.42 Å². The molecule has 0 bridgehead atoms. The average molecular weight is 377 g/mol. The maximum atomic E-state index is 14.0. The highest BCUT2D eigenvalue weighted by Crippen LogP contribution is 2.16. The van der Waals surface area contributed by atoms with E-state index in [1.54, 1.807) is 56.3 Å². The number of nitrogens with zero attached hydrogens (tertiary/aromatic N) is 1. The van der Waals surface area contributed by atoms with E-state index >= 15 is 0 Å². The van der Waals surface area contributed by atoms with Gasteiger partial charge >= 0.3 is 0 Å². The van der Waals surface area contributed by atoms with Gasteiger partial charge in [0.15, 0.2) is 0 Å². The molecule has 1 atom stereocenters. The second-order valence-corrected chi connectivity index (χ2v) is 6.43. The first-order chi connectivity index (χ1) is 12.4. The molecule has 2 amide bonds. The van der Waals surface area contributed by atoms with Crippen molar-refractivity contribution >= 4 is 23.4 Å². The van der Waals surface area contributed by atoms with Crippen molar-refractivity contribution in [2.24, 2.45) is 0 Å². The van der Waals surface area contributed by atoms with Crippen molar-refractivity contribution in [2.75, 3.05) is 6.54 Å². The van der Waals surface area contributed by atoms with Gasteiger partial charge in [-0.3, -0.25) is 9.59 Å². The SMILES string of the molecule is CCNC(=O)[C@@H](C)N(Cc1ccccc1F)C(=O)Cc1cccc(Cl)c1. The maximum Gasteiger partial charge on any atom is 0.242 e. The molecular weight excluding hydrogens is 355 g/mol. The van der Waals surface area contributed by atoms with Crippen LogP contribution in [-0.4, -0.2) is 29.3 Å². The third kappa shape index (κ3) is 5.30. The number of hydrogen-bond acceptors (Lipinski definition) is 2.